The predicted octanol–water partition coefficient (Wildman–Crippen LogP) is 0.483. The molecule has 1 aromatic heterocycles. The highest BCUT2D eigenvalue weighted by Gasteiger charge is 2.27. The average Bonchev–Trinajstić information content (AvgIpc) is 2.46. The van der Waals surface area contributed by atoms with Gasteiger partial charge in [0.25, 0.3) is 0 Å². The van der Waals surface area contributed by atoms with Crippen molar-refractivity contribution in [3.05, 3.63) is 24.3 Å². The number of hydrogen-bond donors (Lipinski definition) is 2. The lowest BCUT2D eigenvalue weighted by Crippen LogP contribution is -2.46. The molecule has 1 saturated heterocycles. The van der Waals surface area contributed by atoms with Crippen LogP contribution in [0.2, 0.25) is 0 Å². The van der Waals surface area contributed by atoms with E-state index in [1.807, 2.05) is 0 Å². The van der Waals surface area contributed by atoms with Crippen molar-refractivity contribution in [3.63, 3.8) is 0 Å². The van der Waals surface area contributed by atoms with Crippen molar-refractivity contribution in [2.45, 2.75) is 19.4 Å². The van der Waals surface area contributed by atoms with Crippen molar-refractivity contribution in [3.8, 4) is 0 Å². The number of piperidine rings is 1. The number of nitrogens with one attached hydrogen (secondary N) is 1. The molecule has 0 saturated carbocycles. The number of carbonyl (C=O) groups is 2. The van der Waals surface area contributed by atoms with Crippen molar-refractivity contribution in [1.29, 1.82) is 0 Å². The topological polar surface area (TPSA) is 95.4 Å². The minimum absolute atomic E-state index is 0.246. The van der Waals surface area contributed by atoms with Crippen molar-refractivity contribution in [1.82, 2.24) is 20.2 Å². The van der Waals surface area contributed by atoms with Gasteiger partial charge in [0.1, 0.15) is 6.33 Å². The highest BCUT2D eigenvalue weighted by molar-refractivity contribution is 5.76. The largest absolute Gasteiger partial charge is 0.481 e. The standard InChI is InChI=1S/C12H16N4O3/c17-11(18)9-2-1-5-16(7-9)12(19)14-6-10-3-4-13-8-15-10/h3-4,8-9H,1-2,5-7H2,(H,14,19)(H,17,18)/t9-/m0/s1. The van der Waals surface area contributed by atoms with Crippen molar-refractivity contribution >= 4 is 12.0 Å². The van der Waals surface area contributed by atoms with E-state index in [0.29, 0.717) is 19.5 Å². The average molecular weight is 264 g/mol. The van der Waals surface area contributed by atoms with Crippen LogP contribution in [0, 0.1) is 5.92 Å². The number of carboxylic acid groups (broad SMARTS) is 1. The number of amides is 2. The van der Waals surface area contributed by atoms with Crippen LogP contribution in [0.4, 0.5) is 4.79 Å². The van der Waals surface area contributed by atoms with Crippen LogP contribution >= 0.6 is 0 Å². The number of urea groups is 1. The highest BCUT2D eigenvalue weighted by atomic mass is 16.4. The Morgan fingerprint density at radius 1 is 1.53 bits per heavy atom. The number of aliphatic carboxylic acids is 1. The van der Waals surface area contributed by atoms with Crippen LogP contribution in [0.15, 0.2) is 18.6 Å². The summed E-state index contributed by atoms with van der Waals surface area (Å²) in [6.45, 7) is 1.18. The first kappa shape index (κ1) is 13.3. The molecule has 0 aliphatic carbocycles. The van der Waals surface area contributed by atoms with Crippen LogP contribution in [0.1, 0.15) is 18.5 Å². The number of carboxylic acids is 1. The van der Waals surface area contributed by atoms with Gasteiger partial charge in [-0.25, -0.2) is 14.8 Å². The molecule has 0 bridgehead atoms. The first-order valence-corrected chi connectivity index (χ1v) is 6.17. The maximum Gasteiger partial charge on any atom is 0.317 e. The lowest BCUT2D eigenvalue weighted by atomic mass is 9.99. The van der Waals surface area contributed by atoms with Gasteiger partial charge in [-0.15, -0.1) is 0 Å². The number of aromatic nitrogens is 2. The van der Waals surface area contributed by atoms with E-state index in [9.17, 15) is 9.59 Å². The van der Waals surface area contributed by atoms with Gasteiger partial charge in [0.05, 0.1) is 18.2 Å². The van der Waals surface area contributed by atoms with Crippen molar-refractivity contribution in [2.24, 2.45) is 5.92 Å². The first-order valence-electron chi connectivity index (χ1n) is 6.17. The van der Waals surface area contributed by atoms with E-state index < -0.39 is 11.9 Å². The predicted molar refractivity (Wildman–Crippen MR) is 66.2 cm³/mol. The van der Waals surface area contributed by atoms with E-state index in [1.54, 1.807) is 17.2 Å². The van der Waals surface area contributed by atoms with E-state index in [-0.39, 0.29) is 12.6 Å². The molecule has 0 spiro atoms. The molecule has 1 aromatic rings. The Kier molecular flexibility index (Phi) is 4.27. The normalized spacial score (nSPS) is 18.9. The van der Waals surface area contributed by atoms with Gasteiger partial charge in [-0.2, -0.15) is 0 Å². The van der Waals surface area contributed by atoms with Crippen LogP contribution in [-0.2, 0) is 11.3 Å². The van der Waals surface area contributed by atoms with E-state index in [4.69, 9.17) is 5.11 Å². The van der Waals surface area contributed by atoms with Gasteiger partial charge in [0.15, 0.2) is 0 Å². The Morgan fingerprint density at radius 3 is 3.05 bits per heavy atom. The van der Waals surface area contributed by atoms with Gasteiger partial charge in [-0.05, 0) is 18.9 Å². The second-order valence-corrected chi connectivity index (χ2v) is 4.48. The maximum absolute atomic E-state index is 11.9. The first-order chi connectivity index (χ1) is 9.16. The van der Waals surface area contributed by atoms with E-state index >= 15 is 0 Å². The van der Waals surface area contributed by atoms with Crippen molar-refractivity contribution < 1.29 is 14.7 Å². The second kappa shape index (κ2) is 6.12. The fourth-order valence-corrected chi connectivity index (χ4v) is 2.06. The minimum atomic E-state index is -0.840. The third-order valence-corrected chi connectivity index (χ3v) is 3.12. The van der Waals surface area contributed by atoms with Crippen LogP contribution in [-0.4, -0.2) is 45.1 Å². The zero-order valence-electron chi connectivity index (χ0n) is 10.5. The monoisotopic (exact) mass is 264 g/mol. The Hall–Kier alpha value is -2.18. The summed E-state index contributed by atoms with van der Waals surface area (Å²) in [4.78, 5) is 32.2. The molecule has 7 nitrogen and oxygen atoms in total. The molecule has 0 unspecified atom stereocenters. The molecule has 1 aliphatic rings. The Balaban J connectivity index is 1.84. The zero-order chi connectivity index (χ0) is 13.7. The molecule has 7 heteroatoms. The zero-order valence-corrected chi connectivity index (χ0v) is 10.5. The van der Waals surface area contributed by atoms with Gasteiger partial charge in [-0.3, -0.25) is 4.79 Å². The molecule has 2 amide bonds. The van der Waals surface area contributed by atoms with Crippen molar-refractivity contribution in [2.75, 3.05) is 13.1 Å². The Labute approximate surface area is 110 Å². The Morgan fingerprint density at radius 2 is 2.37 bits per heavy atom. The van der Waals surface area contributed by atoms with Gasteiger partial charge in [0, 0.05) is 19.3 Å². The van der Waals surface area contributed by atoms with E-state index in [2.05, 4.69) is 15.3 Å². The van der Waals surface area contributed by atoms with Gasteiger partial charge in [-0.1, -0.05) is 0 Å². The number of carbonyl (C=O) groups excluding carboxylic acids is 1. The summed E-state index contributed by atoms with van der Waals surface area (Å²) in [7, 11) is 0. The van der Waals surface area contributed by atoms with Crippen LogP contribution < -0.4 is 5.32 Å². The maximum atomic E-state index is 11.9. The molecular formula is C12H16N4O3. The molecule has 0 radical (unpaired) electrons. The summed E-state index contributed by atoms with van der Waals surface area (Å²) in [5.74, 6) is -1.30. The molecule has 0 aromatic carbocycles. The summed E-state index contributed by atoms with van der Waals surface area (Å²) in [5, 5.41) is 11.7. The molecule has 1 aliphatic heterocycles. The van der Waals surface area contributed by atoms with Gasteiger partial charge < -0.3 is 15.3 Å². The molecule has 1 atom stereocenters. The number of nitrogens with zero attached hydrogens (tertiary/aromatic N) is 3. The molecular weight excluding hydrogens is 248 g/mol. The number of rotatable bonds is 3. The highest BCUT2D eigenvalue weighted by Crippen LogP contribution is 2.16. The smallest absolute Gasteiger partial charge is 0.317 e. The van der Waals surface area contributed by atoms with Gasteiger partial charge in [0.2, 0.25) is 0 Å². The lowest BCUT2D eigenvalue weighted by molar-refractivity contribution is -0.143. The number of hydrogen-bond acceptors (Lipinski definition) is 4. The summed E-state index contributed by atoms with van der Waals surface area (Å²) in [6, 6.07) is 1.47. The third kappa shape index (κ3) is 3.64. The number of likely N-dealkylation sites (tertiary alicyclic amines) is 1. The fraction of sp³-hybridized carbons (Fsp3) is 0.500. The lowest BCUT2D eigenvalue weighted by Gasteiger charge is -2.30. The summed E-state index contributed by atoms with van der Waals surface area (Å²) >= 11 is 0. The third-order valence-electron chi connectivity index (χ3n) is 3.12. The van der Waals surface area contributed by atoms with Crippen LogP contribution in [0.3, 0.4) is 0 Å². The van der Waals surface area contributed by atoms with E-state index in [1.165, 1.54) is 6.33 Å². The molecule has 2 rings (SSSR count). The summed E-state index contributed by atoms with van der Waals surface area (Å²) < 4.78 is 0. The Bertz CT molecular complexity index is 452. The molecule has 102 valence electrons. The quantitative estimate of drug-likeness (QED) is 0.828. The van der Waals surface area contributed by atoms with E-state index in [0.717, 1.165) is 12.1 Å². The summed E-state index contributed by atoms with van der Waals surface area (Å²) in [6.07, 6.45) is 4.38. The van der Waals surface area contributed by atoms with Crippen LogP contribution in [0.5, 0.6) is 0 Å². The molecule has 1 fully saturated rings. The van der Waals surface area contributed by atoms with Gasteiger partial charge >= 0.3 is 12.0 Å². The molecule has 2 heterocycles. The molecule has 2 N–H and O–H groups in total. The second-order valence-electron chi connectivity index (χ2n) is 4.48. The minimum Gasteiger partial charge on any atom is -0.481 e. The van der Waals surface area contributed by atoms with Crippen LogP contribution in [0.25, 0.3) is 0 Å². The fourth-order valence-electron chi connectivity index (χ4n) is 2.06. The molecule has 19 heavy (non-hydrogen) atoms. The SMILES string of the molecule is O=C(O)[C@H]1CCCN(C(=O)NCc2ccncn2)C1. The summed E-state index contributed by atoms with van der Waals surface area (Å²) in [5.41, 5.74) is 0.718.